The number of anilines is 2. The minimum atomic E-state index is -3.80. The molecular formula is C20H18N2O4S. The number of rotatable bonds is 6. The Labute approximate surface area is 157 Å². The lowest BCUT2D eigenvalue weighted by atomic mass is 10.2. The quantitative estimate of drug-likeness (QED) is 0.680. The van der Waals surface area contributed by atoms with Crippen LogP contribution in [0.3, 0.4) is 0 Å². The van der Waals surface area contributed by atoms with Gasteiger partial charge in [0.25, 0.3) is 15.9 Å². The monoisotopic (exact) mass is 382 g/mol. The molecule has 0 aliphatic heterocycles. The Morgan fingerprint density at radius 2 is 1.56 bits per heavy atom. The van der Waals surface area contributed by atoms with Gasteiger partial charge in [-0.1, -0.05) is 24.3 Å². The second-order valence-corrected chi connectivity index (χ2v) is 7.36. The highest BCUT2D eigenvalue weighted by atomic mass is 32.2. The molecule has 0 heterocycles. The number of amides is 1. The van der Waals surface area contributed by atoms with Gasteiger partial charge in [-0.25, -0.2) is 8.42 Å². The summed E-state index contributed by atoms with van der Waals surface area (Å²) in [7, 11) is -2.26. The van der Waals surface area contributed by atoms with Crippen molar-refractivity contribution in [3.8, 4) is 5.75 Å². The predicted molar refractivity (Wildman–Crippen MR) is 105 cm³/mol. The average Bonchev–Trinajstić information content (AvgIpc) is 2.69. The van der Waals surface area contributed by atoms with E-state index in [1.54, 1.807) is 60.7 Å². The lowest BCUT2D eigenvalue weighted by molar-refractivity contribution is 0.102. The van der Waals surface area contributed by atoms with Gasteiger partial charge in [0.05, 0.1) is 12.0 Å². The average molecular weight is 382 g/mol. The molecule has 0 fully saturated rings. The maximum absolute atomic E-state index is 12.6. The molecule has 138 valence electrons. The maximum Gasteiger partial charge on any atom is 0.261 e. The molecule has 1 amide bonds. The highest BCUT2D eigenvalue weighted by molar-refractivity contribution is 7.92. The predicted octanol–water partition coefficient (Wildman–Crippen LogP) is 3.75. The molecule has 27 heavy (non-hydrogen) atoms. The number of sulfonamides is 1. The van der Waals surface area contributed by atoms with Gasteiger partial charge in [-0.15, -0.1) is 0 Å². The van der Waals surface area contributed by atoms with Crippen molar-refractivity contribution in [2.45, 2.75) is 4.90 Å². The van der Waals surface area contributed by atoms with Crippen LogP contribution in [-0.4, -0.2) is 21.4 Å². The van der Waals surface area contributed by atoms with Crippen LogP contribution in [0.15, 0.2) is 83.8 Å². The van der Waals surface area contributed by atoms with Crippen LogP contribution in [-0.2, 0) is 10.0 Å². The molecule has 0 radical (unpaired) electrons. The van der Waals surface area contributed by atoms with E-state index in [9.17, 15) is 13.2 Å². The number of hydrogen-bond donors (Lipinski definition) is 2. The Morgan fingerprint density at radius 3 is 2.22 bits per heavy atom. The molecule has 0 saturated carbocycles. The fourth-order valence-electron chi connectivity index (χ4n) is 2.41. The van der Waals surface area contributed by atoms with E-state index >= 15 is 0 Å². The Hall–Kier alpha value is -3.32. The third kappa shape index (κ3) is 4.65. The highest BCUT2D eigenvalue weighted by Gasteiger charge is 2.15. The first kappa shape index (κ1) is 18.5. The van der Waals surface area contributed by atoms with Crippen molar-refractivity contribution in [2.75, 3.05) is 17.1 Å². The van der Waals surface area contributed by atoms with Crippen molar-refractivity contribution in [1.29, 1.82) is 0 Å². The fraction of sp³-hybridized carbons (Fsp3) is 0.0500. The van der Waals surface area contributed by atoms with Gasteiger partial charge in [0.15, 0.2) is 0 Å². The van der Waals surface area contributed by atoms with Gasteiger partial charge < -0.3 is 10.1 Å². The first-order valence-corrected chi connectivity index (χ1v) is 9.59. The van der Waals surface area contributed by atoms with Crippen LogP contribution in [0.1, 0.15) is 10.4 Å². The normalized spacial score (nSPS) is 10.9. The fourth-order valence-corrected chi connectivity index (χ4v) is 3.51. The number of ether oxygens (including phenoxy) is 1. The topological polar surface area (TPSA) is 84.5 Å². The van der Waals surface area contributed by atoms with Gasteiger partial charge in [-0.05, 0) is 54.6 Å². The molecule has 3 rings (SSSR count). The lowest BCUT2D eigenvalue weighted by Crippen LogP contribution is -2.15. The van der Waals surface area contributed by atoms with E-state index in [0.717, 1.165) is 0 Å². The number of nitrogens with one attached hydrogen (secondary N) is 2. The van der Waals surface area contributed by atoms with Crippen LogP contribution >= 0.6 is 0 Å². The van der Waals surface area contributed by atoms with E-state index in [0.29, 0.717) is 22.7 Å². The number of carbonyl (C=O) groups excluding carboxylic acids is 1. The second-order valence-electron chi connectivity index (χ2n) is 5.68. The number of methoxy groups -OCH3 is 1. The first-order chi connectivity index (χ1) is 13.0. The molecule has 0 spiro atoms. The molecule has 7 heteroatoms. The summed E-state index contributed by atoms with van der Waals surface area (Å²) >= 11 is 0. The van der Waals surface area contributed by atoms with Crippen molar-refractivity contribution in [3.05, 3.63) is 84.4 Å². The van der Waals surface area contributed by atoms with Crippen molar-refractivity contribution in [1.82, 2.24) is 0 Å². The van der Waals surface area contributed by atoms with Crippen molar-refractivity contribution in [3.63, 3.8) is 0 Å². The van der Waals surface area contributed by atoms with E-state index in [2.05, 4.69) is 10.0 Å². The highest BCUT2D eigenvalue weighted by Crippen LogP contribution is 2.21. The summed E-state index contributed by atoms with van der Waals surface area (Å²) < 4.78 is 32.8. The van der Waals surface area contributed by atoms with Gasteiger partial charge in [-0.3, -0.25) is 9.52 Å². The van der Waals surface area contributed by atoms with Crippen LogP contribution < -0.4 is 14.8 Å². The largest absolute Gasteiger partial charge is 0.497 e. The van der Waals surface area contributed by atoms with E-state index in [1.165, 1.54) is 19.2 Å². The molecule has 0 aliphatic rings. The molecule has 6 nitrogen and oxygen atoms in total. The van der Waals surface area contributed by atoms with Gasteiger partial charge in [0.1, 0.15) is 5.75 Å². The molecule has 0 aliphatic carbocycles. The van der Waals surface area contributed by atoms with E-state index in [1.807, 2.05) is 6.07 Å². The SMILES string of the molecule is COc1ccc(NS(=O)(=O)c2cccc(NC(=O)c3ccccc3)c2)cc1. The summed E-state index contributed by atoms with van der Waals surface area (Å²) in [6.07, 6.45) is 0. The third-order valence-electron chi connectivity index (χ3n) is 3.78. The number of carbonyl (C=O) groups is 1. The zero-order valence-corrected chi connectivity index (χ0v) is 15.4. The lowest BCUT2D eigenvalue weighted by Gasteiger charge is -2.11. The summed E-state index contributed by atoms with van der Waals surface area (Å²) in [6, 6.07) is 21.3. The number of hydrogen-bond acceptors (Lipinski definition) is 4. The standard InChI is InChI=1S/C20H18N2O4S/c1-26-18-12-10-16(11-13-18)22-27(24,25)19-9-5-8-17(14-19)21-20(23)15-6-3-2-4-7-15/h2-14,22H,1H3,(H,21,23). The minimum absolute atomic E-state index is 0.0455. The molecule has 2 N–H and O–H groups in total. The van der Waals surface area contributed by atoms with E-state index < -0.39 is 10.0 Å². The van der Waals surface area contributed by atoms with Crippen LogP contribution in [0.25, 0.3) is 0 Å². The molecule has 0 aromatic heterocycles. The first-order valence-electron chi connectivity index (χ1n) is 8.11. The van der Waals surface area contributed by atoms with Crippen LogP contribution in [0, 0.1) is 0 Å². The summed E-state index contributed by atoms with van der Waals surface area (Å²) in [4.78, 5) is 12.3. The van der Waals surface area contributed by atoms with Gasteiger partial charge in [-0.2, -0.15) is 0 Å². The third-order valence-corrected chi connectivity index (χ3v) is 5.16. The molecule has 3 aromatic rings. The van der Waals surface area contributed by atoms with Gasteiger partial charge >= 0.3 is 0 Å². The van der Waals surface area contributed by atoms with Crippen molar-refractivity contribution in [2.24, 2.45) is 0 Å². The Balaban J connectivity index is 1.78. The summed E-state index contributed by atoms with van der Waals surface area (Å²) in [5.41, 5.74) is 1.29. The molecule has 0 saturated heterocycles. The molecule has 3 aromatic carbocycles. The van der Waals surface area contributed by atoms with Crippen molar-refractivity contribution < 1.29 is 17.9 Å². The van der Waals surface area contributed by atoms with Crippen molar-refractivity contribution >= 4 is 27.3 Å². The molecular weight excluding hydrogens is 364 g/mol. The Morgan fingerprint density at radius 1 is 0.852 bits per heavy atom. The molecule has 0 unspecified atom stereocenters. The van der Waals surface area contributed by atoms with Crippen LogP contribution in [0.2, 0.25) is 0 Å². The summed E-state index contributed by atoms with van der Waals surface area (Å²) in [5, 5.41) is 2.70. The minimum Gasteiger partial charge on any atom is -0.497 e. The van der Waals surface area contributed by atoms with E-state index in [-0.39, 0.29) is 10.8 Å². The Kier molecular flexibility index (Phi) is 5.42. The summed E-state index contributed by atoms with van der Waals surface area (Å²) in [5.74, 6) is 0.317. The van der Waals surface area contributed by atoms with Crippen LogP contribution in [0.5, 0.6) is 5.75 Å². The number of benzene rings is 3. The second kappa shape index (κ2) is 7.92. The zero-order valence-electron chi connectivity index (χ0n) is 14.5. The molecule has 0 bridgehead atoms. The smallest absolute Gasteiger partial charge is 0.261 e. The zero-order chi connectivity index (χ0) is 19.3. The summed E-state index contributed by atoms with van der Waals surface area (Å²) in [6.45, 7) is 0. The maximum atomic E-state index is 12.6. The Bertz CT molecular complexity index is 1030. The van der Waals surface area contributed by atoms with Gasteiger partial charge in [0, 0.05) is 16.9 Å². The van der Waals surface area contributed by atoms with Crippen LogP contribution in [0.4, 0.5) is 11.4 Å². The molecule has 0 atom stereocenters. The van der Waals surface area contributed by atoms with E-state index in [4.69, 9.17) is 4.74 Å². The van der Waals surface area contributed by atoms with Gasteiger partial charge in [0.2, 0.25) is 0 Å².